The molecule has 0 radical (unpaired) electrons. The Morgan fingerprint density at radius 3 is 2.52 bits per heavy atom. The normalized spacial score (nSPS) is 27.5. The van der Waals surface area contributed by atoms with E-state index in [1.807, 2.05) is 0 Å². The summed E-state index contributed by atoms with van der Waals surface area (Å²) in [6, 6.07) is 0. The molecule has 2 atom stereocenters. The highest BCUT2D eigenvalue weighted by atomic mass is 16.5. The first-order valence-electron chi connectivity index (χ1n) is 8.29. The molecule has 122 valence electrons. The Morgan fingerprint density at radius 1 is 1.19 bits per heavy atom. The van der Waals surface area contributed by atoms with Gasteiger partial charge in [0.2, 0.25) is 0 Å². The van der Waals surface area contributed by atoms with Crippen molar-refractivity contribution in [1.29, 1.82) is 0 Å². The van der Waals surface area contributed by atoms with Crippen LogP contribution in [0.1, 0.15) is 32.6 Å². The number of hydrogen-bond acceptors (Lipinski definition) is 5. The van der Waals surface area contributed by atoms with Gasteiger partial charge in [0.1, 0.15) is 0 Å². The molecule has 0 aromatic heterocycles. The van der Waals surface area contributed by atoms with Crippen molar-refractivity contribution < 1.29 is 14.6 Å². The Kier molecular flexibility index (Phi) is 6.45. The molecule has 1 N–H and O–H groups in total. The Hall–Kier alpha value is -0.650. The number of hydrogen-bond donors (Lipinski definition) is 1. The fourth-order valence-corrected chi connectivity index (χ4v) is 3.48. The van der Waals surface area contributed by atoms with Crippen molar-refractivity contribution in [2.75, 3.05) is 46.4 Å². The second-order valence-corrected chi connectivity index (χ2v) is 6.76. The molecule has 0 saturated carbocycles. The zero-order chi connectivity index (χ0) is 15.2. The molecule has 2 rings (SSSR count). The van der Waals surface area contributed by atoms with Crippen LogP contribution in [0.5, 0.6) is 0 Å². The topological polar surface area (TPSA) is 53.0 Å². The first kappa shape index (κ1) is 16.7. The number of piperidine rings is 2. The Morgan fingerprint density at radius 2 is 1.86 bits per heavy atom. The Balaban J connectivity index is 1.71. The van der Waals surface area contributed by atoms with Crippen LogP contribution in [0, 0.1) is 11.8 Å². The second-order valence-electron chi connectivity index (χ2n) is 6.76. The summed E-state index contributed by atoms with van der Waals surface area (Å²) in [5, 5.41) is 10.3. The summed E-state index contributed by atoms with van der Waals surface area (Å²) in [4.78, 5) is 16.2. The number of carbonyl (C=O) groups is 1. The minimum atomic E-state index is -0.324. The van der Waals surface area contributed by atoms with Crippen LogP contribution in [-0.4, -0.2) is 73.4 Å². The van der Waals surface area contributed by atoms with Gasteiger partial charge in [-0.15, -0.1) is 0 Å². The van der Waals surface area contributed by atoms with Gasteiger partial charge in [0.25, 0.3) is 0 Å². The molecule has 5 nitrogen and oxygen atoms in total. The monoisotopic (exact) mass is 298 g/mol. The molecule has 0 aromatic carbocycles. The van der Waals surface area contributed by atoms with E-state index in [0.29, 0.717) is 6.54 Å². The molecule has 0 spiro atoms. The van der Waals surface area contributed by atoms with E-state index in [1.165, 1.54) is 20.0 Å². The van der Waals surface area contributed by atoms with Gasteiger partial charge in [0.05, 0.1) is 19.1 Å². The van der Waals surface area contributed by atoms with Crippen LogP contribution in [0.2, 0.25) is 0 Å². The maximum atomic E-state index is 11.6. The minimum Gasteiger partial charge on any atom is -0.469 e. The average molecular weight is 298 g/mol. The van der Waals surface area contributed by atoms with E-state index in [9.17, 15) is 9.90 Å². The largest absolute Gasteiger partial charge is 0.469 e. The van der Waals surface area contributed by atoms with Crippen LogP contribution in [0.15, 0.2) is 0 Å². The van der Waals surface area contributed by atoms with E-state index in [0.717, 1.165) is 51.5 Å². The standard InChI is InChI=1S/C16H30N2O3/c1-13-5-8-17(9-6-13)11-15(19)12-18-7-3-4-14(10-18)16(20)21-2/h13-15,19H,3-12H2,1-2H3. The van der Waals surface area contributed by atoms with Crippen molar-refractivity contribution in [3.05, 3.63) is 0 Å². The predicted octanol–water partition coefficient (Wildman–Crippen LogP) is 0.964. The lowest BCUT2D eigenvalue weighted by Gasteiger charge is -2.35. The van der Waals surface area contributed by atoms with Crippen molar-refractivity contribution >= 4 is 5.97 Å². The fraction of sp³-hybridized carbons (Fsp3) is 0.938. The van der Waals surface area contributed by atoms with Gasteiger partial charge in [-0.1, -0.05) is 6.92 Å². The van der Waals surface area contributed by atoms with Gasteiger partial charge in [-0.2, -0.15) is 0 Å². The Bertz CT molecular complexity index is 329. The maximum absolute atomic E-state index is 11.6. The molecule has 2 heterocycles. The van der Waals surface area contributed by atoms with Crippen LogP contribution in [0.3, 0.4) is 0 Å². The molecule has 5 heteroatoms. The highest BCUT2D eigenvalue weighted by Gasteiger charge is 2.28. The van der Waals surface area contributed by atoms with Crippen LogP contribution in [0.4, 0.5) is 0 Å². The van der Waals surface area contributed by atoms with E-state index in [2.05, 4.69) is 16.7 Å². The lowest BCUT2D eigenvalue weighted by molar-refractivity contribution is -0.147. The molecular weight excluding hydrogens is 268 g/mol. The van der Waals surface area contributed by atoms with Gasteiger partial charge in [-0.3, -0.25) is 9.69 Å². The van der Waals surface area contributed by atoms with Gasteiger partial charge in [0, 0.05) is 19.6 Å². The van der Waals surface area contributed by atoms with Crippen LogP contribution in [0.25, 0.3) is 0 Å². The Labute approximate surface area is 128 Å². The zero-order valence-corrected chi connectivity index (χ0v) is 13.5. The third-order valence-electron chi connectivity index (χ3n) is 4.85. The fourth-order valence-electron chi connectivity index (χ4n) is 3.48. The molecular formula is C16H30N2O3. The van der Waals surface area contributed by atoms with Crippen molar-refractivity contribution in [2.24, 2.45) is 11.8 Å². The molecule has 2 unspecified atom stereocenters. The maximum Gasteiger partial charge on any atom is 0.309 e. The van der Waals surface area contributed by atoms with Gasteiger partial charge in [-0.25, -0.2) is 0 Å². The van der Waals surface area contributed by atoms with E-state index >= 15 is 0 Å². The lowest BCUT2D eigenvalue weighted by Crippen LogP contribution is -2.46. The summed E-state index contributed by atoms with van der Waals surface area (Å²) in [5.74, 6) is 0.687. The summed E-state index contributed by atoms with van der Waals surface area (Å²) in [5.41, 5.74) is 0. The molecule has 2 fully saturated rings. The smallest absolute Gasteiger partial charge is 0.309 e. The summed E-state index contributed by atoms with van der Waals surface area (Å²) >= 11 is 0. The number of esters is 1. The third kappa shape index (κ3) is 5.24. The van der Waals surface area contributed by atoms with E-state index in [4.69, 9.17) is 4.74 Å². The predicted molar refractivity (Wildman–Crippen MR) is 82.0 cm³/mol. The van der Waals surface area contributed by atoms with Crippen LogP contribution in [-0.2, 0) is 9.53 Å². The molecule has 2 saturated heterocycles. The second kappa shape index (κ2) is 8.11. The summed E-state index contributed by atoms with van der Waals surface area (Å²) in [6.45, 7) is 7.62. The van der Waals surface area contributed by atoms with Gasteiger partial charge in [-0.05, 0) is 51.2 Å². The van der Waals surface area contributed by atoms with E-state index in [-0.39, 0.29) is 18.0 Å². The number of methoxy groups -OCH3 is 1. The van der Waals surface area contributed by atoms with Gasteiger partial charge < -0.3 is 14.7 Å². The lowest BCUT2D eigenvalue weighted by atomic mass is 9.97. The quantitative estimate of drug-likeness (QED) is 0.766. The van der Waals surface area contributed by atoms with Crippen molar-refractivity contribution in [1.82, 2.24) is 9.80 Å². The third-order valence-corrected chi connectivity index (χ3v) is 4.85. The molecule has 2 aliphatic rings. The number of aliphatic hydroxyl groups excluding tert-OH is 1. The summed E-state index contributed by atoms with van der Waals surface area (Å²) in [6.07, 6.45) is 4.06. The number of aliphatic hydroxyl groups is 1. The molecule has 0 aliphatic carbocycles. The van der Waals surface area contributed by atoms with Crippen molar-refractivity contribution in [2.45, 2.75) is 38.7 Å². The number of ether oxygens (including phenoxy) is 1. The first-order chi connectivity index (χ1) is 10.1. The number of rotatable bonds is 5. The van der Waals surface area contributed by atoms with Crippen LogP contribution >= 0.6 is 0 Å². The van der Waals surface area contributed by atoms with Crippen molar-refractivity contribution in [3.63, 3.8) is 0 Å². The molecule has 0 aromatic rings. The zero-order valence-electron chi connectivity index (χ0n) is 13.5. The number of carbonyl (C=O) groups excluding carboxylic acids is 1. The van der Waals surface area contributed by atoms with E-state index in [1.54, 1.807) is 0 Å². The highest BCUT2D eigenvalue weighted by Crippen LogP contribution is 2.19. The molecule has 21 heavy (non-hydrogen) atoms. The SMILES string of the molecule is COC(=O)C1CCCN(CC(O)CN2CCC(C)CC2)C1. The first-order valence-corrected chi connectivity index (χ1v) is 8.29. The summed E-state index contributed by atoms with van der Waals surface area (Å²) in [7, 11) is 1.45. The van der Waals surface area contributed by atoms with Gasteiger partial charge in [0.15, 0.2) is 0 Å². The minimum absolute atomic E-state index is 0.0215. The average Bonchev–Trinajstić information content (AvgIpc) is 2.49. The molecule has 0 bridgehead atoms. The highest BCUT2D eigenvalue weighted by molar-refractivity contribution is 5.72. The van der Waals surface area contributed by atoms with E-state index < -0.39 is 0 Å². The number of β-amino-alcohol motifs (C(OH)–C–C–N with tert-alkyl or cyclic N) is 1. The molecule has 0 amide bonds. The summed E-state index contributed by atoms with van der Waals surface area (Å²) < 4.78 is 4.84. The van der Waals surface area contributed by atoms with Crippen LogP contribution < -0.4 is 0 Å². The molecule has 2 aliphatic heterocycles. The number of nitrogens with zero attached hydrogens (tertiary/aromatic N) is 2. The number of likely N-dealkylation sites (tertiary alicyclic amines) is 2. The van der Waals surface area contributed by atoms with Gasteiger partial charge >= 0.3 is 5.97 Å². The van der Waals surface area contributed by atoms with Crippen molar-refractivity contribution in [3.8, 4) is 0 Å².